The molecule has 0 spiro atoms. The molecule has 1 aliphatic heterocycles. The zero-order chi connectivity index (χ0) is 24.5. The number of nitrogens with zero attached hydrogens (tertiary/aromatic N) is 2. The van der Waals surface area contributed by atoms with Crippen LogP contribution in [-0.4, -0.2) is 27.8 Å². The first-order valence-corrected chi connectivity index (χ1v) is 12.9. The van der Waals surface area contributed by atoms with Gasteiger partial charge in [-0.3, -0.25) is 5.01 Å². The standard InChI is InChI=1S/C25H25Cl2N3O3S/c1-16-4-11-25(24(12-16)33-3)34(31,32)28-15-21-14-23(18-5-7-19(26)8-6-18)30(29-21)22-10-9-20(27)13-17(22)2/h4-13,23,28H,14-15H2,1-3H3. The monoisotopic (exact) mass is 517 g/mol. The van der Waals surface area contributed by atoms with Gasteiger partial charge in [0.1, 0.15) is 10.6 Å². The SMILES string of the molecule is COc1cc(C)ccc1S(=O)(=O)NCC1=NN(c2ccc(Cl)cc2C)C(c2ccc(Cl)cc2)C1. The third-order valence-corrected chi connectivity index (χ3v) is 7.64. The first-order valence-electron chi connectivity index (χ1n) is 10.7. The van der Waals surface area contributed by atoms with Gasteiger partial charge in [-0.25, -0.2) is 13.1 Å². The van der Waals surface area contributed by atoms with Crippen LogP contribution in [0.15, 0.2) is 70.7 Å². The predicted molar refractivity (Wildman–Crippen MR) is 138 cm³/mol. The van der Waals surface area contributed by atoms with Gasteiger partial charge in [-0.2, -0.15) is 5.10 Å². The Kier molecular flexibility index (Phi) is 7.19. The second-order valence-corrected chi connectivity index (χ2v) is 10.8. The highest BCUT2D eigenvalue weighted by Gasteiger charge is 2.31. The minimum absolute atomic E-state index is 0.0760. The lowest BCUT2D eigenvalue weighted by Crippen LogP contribution is -2.29. The van der Waals surface area contributed by atoms with Gasteiger partial charge in [0, 0.05) is 16.5 Å². The molecule has 0 fully saturated rings. The highest BCUT2D eigenvalue weighted by molar-refractivity contribution is 7.89. The van der Waals surface area contributed by atoms with E-state index in [0.717, 1.165) is 22.4 Å². The van der Waals surface area contributed by atoms with Gasteiger partial charge in [0.2, 0.25) is 10.0 Å². The van der Waals surface area contributed by atoms with Crippen molar-refractivity contribution in [2.75, 3.05) is 18.7 Å². The third-order valence-electron chi connectivity index (χ3n) is 5.71. The molecule has 0 radical (unpaired) electrons. The number of hydrogen-bond acceptors (Lipinski definition) is 5. The number of aryl methyl sites for hydroxylation is 2. The normalized spacial score (nSPS) is 16.0. The van der Waals surface area contributed by atoms with Crippen LogP contribution in [0.1, 0.15) is 29.2 Å². The number of nitrogens with one attached hydrogen (secondary N) is 1. The second kappa shape index (κ2) is 9.96. The molecule has 6 nitrogen and oxygen atoms in total. The Morgan fingerprint density at radius 3 is 2.41 bits per heavy atom. The minimum Gasteiger partial charge on any atom is -0.495 e. The Morgan fingerprint density at radius 1 is 1.03 bits per heavy atom. The molecule has 3 aromatic rings. The van der Waals surface area contributed by atoms with Crippen LogP contribution < -0.4 is 14.5 Å². The molecule has 9 heteroatoms. The van der Waals surface area contributed by atoms with Crippen molar-refractivity contribution in [1.29, 1.82) is 0 Å². The fourth-order valence-electron chi connectivity index (χ4n) is 3.97. The molecule has 3 aromatic carbocycles. The molecule has 0 bridgehead atoms. The number of hydrazone groups is 1. The number of ether oxygens (including phenoxy) is 1. The lowest BCUT2D eigenvalue weighted by Gasteiger charge is -2.25. The quantitative estimate of drug-likeness (QED) is 0.423. The van der Waals surface area contributed by atoms with Gasteiger partial charge in [0.25, 0.3) is 0 Å². The molecule has 0 saturated carbocycles. The molecule has 1 N–H and O–H groups in total. The lowest BCUT2D eigenvalue weighted by atomic mass is 10.0. The maximum atomic E-state index is 13.0. The molecule has 1 atom stereocenters. The van der Waals surface area contributed by atoms with E-state index in [4.69, 9.17) is 33.0 Å². The second-order valence-electron chi connectivity index (χ2n) is 8.19. The maximum absolute atomic E-state index is 13.0. The summed E-state index contributed by atoms with van der Waals surface area (Å²) in [5.74, 6) is 0.304. The van der Waals surface area contributed by atoms with Crippen molar-refractivity contribution < 1.29 is 13.2 Å². The van der Waals surface area contributed by atoms with E-state index in [0.29, 0.717) is 27.9 Å². The van der Waals surface area contributed by atoms with Gasteiger partial charge in [-0.05, 0) is 73.0 Å². The molecule has 4 rings (SSSR count). The molecule has 0 amide bonds. The molecule has 0 saturated heterocycles. The Labute approximate surface area is 210 Å². The summed E-state index contributed by atoms with van der Waals surface area (Å²) < 4.78 is 34.0. The summed E-state index contributed by atoms with van der Waals surface area (Å²) >= 11 is 12.3. The number of methoxy groups -OCH3 is 1. The fourth-order valence-corrected chi connectivity index (χ4v) is 5.49. The Morgan fingerprint density at radius 2 is 1.74 bits per heavy atom. The van der Waals surface area contributed by atoms with E-state index in [2.05, 4.69) is 4.72 Å². The van der Waals surface area contributed by atoms with Gasteiger partial charge in [-0.15, -0.1) is 0 Å². The van der Waals surface area contributed by atoms with Crippen molar-refractivity contribution in [3.63, 3.8) is 0 Å². The van der Waals surface area contributed by atoms with Crippen molar-refractivity contribution in [3.8, 4) is 5.75 Å². The Bertz CT molecular complexity index is 1340. The van der Waals surface area contributed by atoms with E-state index in [-0.39, 0.29) is 17.5 Å². The van der Waals surface area contributed by atoms with Crippen LogP contribution in [0.25, 0.3) is 0 Å². The maximum Gasteiger partial charge on any atom is 0.244 e. The summed E-state index contributed by atoms with van der Waals surface area (Å²) in [4.78, 5) is 0.0962. The Hall–Kier alpha value is -2.58. The van der Waals surface area contributed by atoms with Gasteiger partial charge >= 0.3 is 0 Å². The highest BCUT2D eigenvalue weighted by Crippen LogP contribution is 2.38. The summed E-state index contributed by atoms with van der Waals surface area (Å²) in [5, 5.41) is 8.02. The van der Waals surface area contributed by atoms with Crippen LogP contribution in [0.2, 0.25) is 10.0 Å². The van der Waals surface area contributed by atoms with E-state index in [9.17, 15) is 8.42 Å². The van der Waals surface area contributed by atoms with Crippen molar-refractivity contribution in [3.05, 3.63) is 87.4 Å². The van der Waals surface area contributed by atoms with Crippen molar-refractivity contribution in [2.24, 2.45) is 5.10 Å². The predicted octanol–water partition coefficient (Wildman–Crippen LogP) is 5.90. The number of hydrogen-bond donors (Lipinski definition) is 1. The van der Waals surface area contributed by atoms with Gasteiger partial charge in [0.05, 0.1) is 31.1 Å². The van der Waals surface area contributed by atoms with Crippen LogP contribution in [-0.2, 0) is 10.0 Å². The van der Waals surface area contributed by atoms with E-state index in [1.165, 1.54) is 7.11 Å². The molecule has 1 unspecified atom stereocenters. The zero-order valence-corrected chi connectivity index (χ0v) is 21.4. The number of halogens is 2. The zero-order valence-electron chi connectivity index (χ0n) is 19.0. The number of sulfonamides is 1. The average Bonchev–Trinajstić information content (AvgIpc) is 3.22. The topological polar surface area (TPSA) is 71.0 Å². The minimum atomic E-state index is -3.80. The van der Waals surface area contributed by atoms with Crippen LogP contribution in [0.4, 0.5) is 5.69 Å². The van der Waals surface area contributed by atoms with Crippen LogP contribution in [0.3, 0.4) is 0 Å². The van der Waals surface area contributed by atoms with Crippen molar-refractivity contribution in [2.45, 2.75) is 31.2 Å². The van der Waals surface area contributed by atoms with Crippen molar-refractivity contribution >= 4 is 44.6 Å². The van der Waals surface area contributed by atoms with Crippen LogP contribution in [0.5, 0.6) is 5.75 Å². The molecule has 0 aliphatic carbocycles. The van der Waals surface area contributed by atoms with Crippen LogP contribution >= 0.6 is 23.2 Å². The van der Waals surface area contributed by atoms with E-state index in [1.807, 2.05) is 61.3 Å². The van der Waals surface area contributed by atoms with E-state index < -0.39 is 10.0 Å². The number of benzene rings is 3. The first-order chi connectivity index (χ1) is 16.2. The molecule has 0 aromatic heterocycles. The number of rotatable bonds is 7. The lowest BCUT2D eigenvalue weighted by molar-refractivity contribution is 0.402. The summed E-state index contributed by atoms with van der Waals surface area (Å²) in [6, 6.07) is 18.1. The van der Waals surface area contributed by atoms with Crippen molar-refractivity contribution in [1.82, 2.24) is 4.72 Å². The Balaban J connectivity index is 1.62. The summed E-state index contributed by atoms with van der Waals surface area (Å²) in [5.41, 5.74) is 4.53. The smallest absolute Gasteiger partial charge is 0.244 e. The van der Waals surface area contributed by atoms with E-state index in [1.54, 1.807) is 18.2 Å². The van der Waals surface area contributed by atoms with E-state index >= 15 is 0 Å². The van der Waals surface area contributed by atoms with Crippen LogP contribution in [0, 0.1) is 13.8 Å². The first kappa shape index (κ1) is 24.5. The molecule has 178 valence electrons. The summed E-state index contributed by atoms with van der Waals surface area (Å²) in [7, 11) is -2.34. The molecular formula is C25H25Cl2N3O3S. The molecule has 1 heterocycles. The van der Waals surface area contributed by atoms with Gasteiger partial charge < -0.3 is 4.74 Å². The molecular weight excluding hydrogens is 493 g/mol. The third kappa shape index (κ3) is 5.23. The molecule has 1 aliphatic rings. The fraction of sp³-hybridized carbons (Fsp3) is 0.240. The highest BCUT2D eigenvalue weighted by atomic mass is 35.5. The summed E-state index contributed by atoms with van der Waals surface area (Å²) in [6.45, 7) is 3.93. The number of anilines is 1. The largest absolute Gasteiger partial charge is 0.495 e. The average molecular weight is 518 g/mol. The van der Waals surface area contributed by atoms with Gasteiger partial charge in [-0.1, -0.05) is 41.4 Å². The molecule has 34 heavy (non-hydrogen) atoms. The summed E-state index contributed by atoms with van der Waals surface area (Å²) in [6.07, 6.45) is 0.553. The van der Waals surface area contributed by atoms with Gasteiger partial charge in [0.15, 0.2) is 0 Å².